The van der Waals surface area contributed by atoms with E-state index in [0.717, 1.165) is 16.8 Å². The number of nitrogens with zero attached hydrogens (tertiary/aromatic N) is 3. The SMILES string of the molecule is COc1ccc(/C=C(/C(=O)c2cccc(OC)c2)n2nnc3ccccc32)cc1. The van der Waals surface area contributed by atoms with Gasteiger partial charge in [-0.3, -0.25) is 4.79 Å². The number of methoxy groups -OCH3 is 2. The van der Waals surface area contributed by atoms with Crippen LogP contribution < -0.4 is 9.47 Å². The fraction of sp³-hybridized carbons (Fsp3) is 0.0870. The number of fused-ring (bicyclic) bond motifs is 1. The number of Topliss-reactive ketones (excluding diaryl/α,β-unsaturated/α-hetero) is 1. The number of hydrogen-bond donors (Lipinski definition) is 0. The lowest BCUT2D eigenvalue weighted by Gasteiger charge is -2.10. The number of carbonyl (C=O) groups excluding carboxylic acids is 1. The number of allylic oxidation sites excluding steroid dienone is 1. The van der Waals surface area contributed by atoms with Crippen molar-refractivity contribution in [3.63, 3.8) is 0 Å². The zero-order valence-electron chi connectivity index (χ0n) is 16.1. The van der Waals surface area contributed by atoms with Crippen molar-refractivity contribution in [2.75, 3.05) is 14.2 Å². The molecular formula is C23H19N3O3. The first-order valence-corrected chi connectivity index (χ1v) is 9.05. The Morgan fingerprint density at radius 1 is 0.897 bits per heavy atom. The maximum absolute atomic E-state index is 13.4. The zero-order chi connectivity index (χ0) is 20.2. The van der Waals surface area contributed by atoms with Crippen LogP contribution in [-0.4, -0.2) is 35.0 Å². The summed E-state index contributed by atoms with van der Waals surface area (Å²) in [6.45, 7) is 0. The second-order valence-corrected chi connectivity index (χ2v) is 6.35. The Hall–Kier alpha value is -3.93. The van der Waals surface area contributed by atoms with Crippen molar-refractivity contribution >= 4 is 28.6 Å². The Morgan fingerprint density at radius 2 is 1.66 bits per heavy atom. The number of carbonyl (C=O) groups is 1. The summed E-state index contributed by atoms with van der Waals surface area (Å²) in [5, 5.41) is 8.43. The summed E-state index contributed by atoms with van der Waals surface area (Å²) in [5.74, 6) is 1.17. The lowest BCUT2D eigenvalue weighted by Crippen LogP contribution is -2.11. The molecule has 0 bridgehead atoms. The van der Waals surface area contributed by atoms with Crippen LogP contribution in [0.1, 0.15) is 15.9 Å². The van der Waals surface area contributed by atoms with Crippen LogP contribution in [0.2, 0.25) is 0 Å². The minimum absolute atomic E-state index is 0.185. The molecule has 0 saturated heterocycles. The van der Waals surface area contributed by atoms with Gasteiger partial charge in [-0.1, -0.05) is 41.6 Å². The van der Waals surface area contributed by atoms with Crippen LogP contribution in [-0.2, 0) is 0 Å². The van der Waals surface area contributed by atoms with E-state index in [-0.39, 0.29) is 5.78 Å². The summed E-state index contributed by atoms with van der Waals surface area (Å²) >= 11 is 0. The molecule has 1 heterocycles. The van der Waals surface area contributed by atoms with E-state index in [9.17, 15) is 4.79 Å². The van der Waals surface area contributed by atoms with E-state index in [1.807, 2.05) is 48.5 Å². The van der Waals surface area contributed by atoms with Crippen LogP contribution >= 0.6 is 0 Å². The Labute approximate surface area is 168 Å². The molecule has 29 heavy (non-hydrogen) atoms. The molecule has 0 saturated carbocycles. The summed E-state index contributed by atoms with van der Waals surface area (Å²) in [4.78, 5) is 13.4. The van der Waals surface area contributed by atoms with E-state index in [2.05, 4.69) is 10.3 Å². The van der Waals surface area contributed by atoms with Crippen LogP contribution in [0.3, 0.4) is 0 Å². The number of aromatic nitrogens is 3. The molecule has 0 fully saturated rings. The number of ether oxygens (including phenoxy) is 2. The van der Waals surface area contributed by atoms with Crippen LogP contribution in [0.4, 0.5) is 0 Å². The van der Waals surface area contributed by atoms with E-state index in [1.165, 1.54) is 0 Å². The molecule has 1 aromatic heterocycles. The maximum atomic E-state index is 13.4. The van der Waals surface area contributed by atoms with E-state index in [4.69, 9.17) is 9.47 Å². The monoisotopic (exact) mass is 385 g/mol. The molecule has 0 spiro atoms. The molecule has 144 valence electrons. The second-order valence-electron chi connectivity index (χ2n) is 6.35. The number of rotatable bonds is 6. The molecular weight excluding hydrogens is 366 g/mol. The molecule has 0 atom stereocenters. The Bertz CT molecular complexity index is 1190. The molecule has 4 aromatic rings. The first-order chi connectivity index (χ1) is 14.2. The van der Waals surface area contributed by atoms with Crippen molar-refractivity contribution in [1.82, 2.24) is 15.0 Å². The van der Waals surface area contributed by atoms with Gasteiger partial charge in [0.25, 0.3) is 0 Å². The molecule has 0 unspecified atom stereocenters. The minimum Gasteiger partial charge on any atom is -0.497 e. The maximum Gasteiger partial charge on any atom is 0.211 e. The van der Waals surface area contributed by atoms with Crippen LogP contribution in [0.5, 0.6) is 11.5 Å². The van der Waals surface area contributed by atoms with Crippen molar-refractivity contribution in [2.24, 2.45) is 0 Å². The number of benzene rings is 3. The first-order valence-electron chi connectivity index (χ1n) is 9.05. The highest BCUT2D eigenvalue weighted by Crippen LogP contribution is 2.24. The van der Waals surface area contributed by atoms with Crippen molar-refractivity contribution < 1.29 is 14.3 Å². The van der Waals surface area contributed by atoms with Crippen molar-refractivity contribution in [1.29, 1.82) is 0 Å². The molecule has 0 radical (unpaired) electrons. The third-order valence-electron chi connectivity index (χ3n) is 4.56. The molecule has 0 aliphatic carbocycles. The van der Waals surface area contributed by atoms with Gasteiger partial charge in [0, 0.05) is 5.56 Å². The van der Waals surface area contributed by atoms with E-state index in [1.54, 1.807) is 49.2 Å². The second kappa shape index (κ2) is 7.98. The van der Waals surface area contributed by atoms with Gasteiger partial charge in [-0.25, -0.2) is 4.68 Å². The van der Waals surface area contributed by atoms with Gasteiger partial charge in [0.15, 0.2) is 0 Å². The van der Waals surface area contributed by atoms with Gasteiger partial charge < -0.3 is 9.47 Å². The molecule has 0 aliphatic rings. The quantitative estimate of drug-likeness (QED) is 0.365. The Morgan fingerprint density at radius 3 is 2.41 bits per heavy atom. The van der Waals surface area contributed by atoms with Crippen molar-refractivity contribution in [2.45, 2.75) is 0 Å². The summed E-state index contributed by atoms with van der Waals surface area (Å²) in [6, 6.07) is 22.0. The van der Waals surface area contributed by atoms with E-state index >= 15 is 0 Å². The van der Waals surface area contributed by atoms with Crippen LogP contribution in [0, 0.1) is 0 Å². The lowest BCUT2D eigenvalue weighted by molar-refractivity contribution is 0.105. The predicted octanol–water partition coefficient (Wildman–Crippen LogP) is 4.33. The van der Waals surface area contributed by atoms with Gasteiger partial charge >= 0.3 is 0 Å². The number of para-hydroxylation sites is 1. The third-order valence-corrected chi connectivity index (χ3v) is 4.56. The average Bonchev–Trinajstić information content (AvgIpc) is 3.21. The largest absolute Gasteiger partial charge is 0.497 e. The molecule has 4 rings (SSSR count). The fourth-order valence-electron chi connectivity index (χ4n) is 3.04. The van der Waals surface area contributed by atoms with E-state index in [0.29, 0.717) is 22.5 Å². The first kappa shape index (κ1) is 18.4. The van der Waals surface area contributed by atoms with Crippen molar-refractivity contribution in [3.8, 4) is 11.5 Å². The minimum atomic E-state index is -0.185. The highest BCUT2D eigenvalue weighted by atomic mass is 16.5. The number of hydrogen-bond acceptors (Lipinski definition) is 5. The molecule has 3 aromatic carbocycles. The van der Waals surface area contributed by atoms with Gasteiger partial charge in [0.05, 0.1) is 19.7 Å². The summed E-state index contributed by atoms with van der Waals surface area (Å²) in [7, 11) is 3.19. The van der Waals surface area contributed by atoms with Crippen molar-refractivity contribution in [3.05, 3.63) is 83.9 Å². The van der Waals surface area contributed by atoms with E-state index < -0.39 is 0 Å². The fourth-order valence-corrected chi connectivity index (χ4v) is 3.04. The third kappa shape index (κ3) is 3.73. The summed E-state index contributed by atoms with van der Waals surface area (Å²) in [6.07, 6.45) is 1.79. The summed E-state index contributed by atoms with van der Waals surface area (Å²) in [5.41, 5.74) is 3.20. The van der Waals surface area contributed by atoms with Gasteiger partial charge in [-0.05, 0) is 48.0 Å². The topological polar surface area (TPSA) is 66.2 Å². The van der Waals surface area contributed by atoms with Gasteiger partial charge in [0.2, 0.25) is 5.78 Å². The highest BCUT2D eigenvalue weighted by Gasteiger charge is 2.19. The normalized spacial score (nSPS) is 11.4. The smallest absolute Gasteiger partial charge is 0.211 e. The summed E-state index contributed by atoms with van der Waals surface area (Å²) < 4.78 is 12.1. The van der Waals surface area contributed by atoms with Gasteiger partial charge in [-0.15, -0.1) is 5.10 Å². The predicted molar refractivity (Wildman–Crippen MR) is 112 cm³/mol. The highest BCUT2D eigenvalue weighted by molar-refractivity contribution is 6.28. The van der Waals surface area contributed by atoms with Gasteiger partial charge in [0.1, 0.15) is 22.7 Å². The standard InChI is InChI=1S/C23H19N3O3/c1-28-18-12-10-16(11-13-18)14-22(23(27)17-6-5-7-19(15-17)29-2)26-21-9-4-3-8-20(21)24-25-26/h3-15H,1-2H3/b22-14-. The van der Waals surface area contributed by atoms with Crippen LogP contribution in [0.15, 0.2) is 72.8 Å². The average molecular weight is 385 g/mol. The Kier molecular flexibility index (Phi) is 5.07. The number of ketones is 1. The molecule has 6 heteroatoms. The van der Waals surface area contributed by atoms with Gasteiger partial charge in [-0.2, -0.15) is 0 Å². The lowest BCUT2D eigenvalue weighted by atomic mass is 10.1. The zero-order valence-corrected chi connectivity index (χ0v) is 16.1. The molecule has 0 amide bonds. The molecule has 0 aliphatic heterocycles. The Balaban J connectivity index is 1.86. The van der Waals surface area contributed by atoms with Crippen LogP contribution in [0.25, 0.3) is 22.8 Å². The molecule has 6 nitrogen and oxygen atoms in total. The molecule has 0 N–H and O–H groups in total.